The van der Waals surface area contributed by atoms with Crippen LogP contribution in [0.1, 0.15) is 17.7 Å². The number of rotatable bonds is 5. The number of hydrogen-bond donors (Lipinski definition) is 0. The molecule has 2 atom stereocenters. The van der Waals surface area contributed by atoms with Crippen molar-refractivity contribution in [1.82, 2.24) is 14.5 Å². The van der Waals surface area contributed by atoms with Gasteiger partial charge >= 0.3 is 0 Å². The second-order valence-electron chi connectivity index (χ2n) is 7.50. The van der Waals surface area contributed by atoms with E-state index in [2.05, 4.69) is 20.5 Å². The van der Waals surface area contributed by atoms with Gasteiger partial charge in [0.15, 0.2) is 5.13 Å². The maximum atomic E-state index is 13.3. The molecule has 2 aromatic heterocycles. The van der Waals surface area contributed by atoms with Crippen molar-refractivity contribution in [3.63, 3.8) is 0 Å². The first-order chi connectivity index (χ1) is 14.1. The predicted octanol–water partition coefficient (Wildman–Crippen LogP) is 3.89. The number of carbonyl (C=O) groups excluding carboxylic acids is 1. The van der Waals surface area contributed by atoms with E-state index >= 15 is 0 Å². The number of fused-ring (bicyclic) bond motifs is 2. The lowest BCUT2D eigenvalue weighted by Gasteiger charge is -2.34. The normalized spacial score (nSPS) is 21.3. The van der Waals surface area contributed by atoms with Gasteiger partial charge in [-0.15, -0.1) is 11.3 Å². The maximum absolute atomic E-state index is 13.3. The highest BCUT2D eigenvalue weighted by Crippen LogP contribution is 2.42. The second kappa shape index (κ2) is 7.16. The van der Waals surface area contributed by atoms with E-state index in [9.17, 15) is 4.79 Å². The van der Waals surface area contributed by atoms with Gasteiger partial charge in [0, 0.05) is 47.6 Å². The summed E-state index contributed by atoms with van der Waals surface area (Å²) in [6, 6.07) is 7.91. The van der Waals surface area contributed by atoms with Crippen molar-refractivity contribution in [2.75, 3.05) is 18.6 Å². The molecule has 0 saturated carbocycles. The Labute approximate surface area is 178 Å². The number of aryl methyl sites for hydroxylation is 1. The summed E-state index contributed by atoms with van der Waals surface area (Å²) in [6.45, 7) is 3.51. The van der Waals surface area contributed by atoms with Gasteiger partial charge in [0.05, 0.1) is 24.9 Å². The molecule has 4 heterocycles. The summed E-state index contributed by atoms with van der Waals surface area (Å²) >= 11 is 7.85. The largest absolute Gasteiger partial charge is 0.495 e. The summed E-state index contributed by atoms with van der Waals surface area (Å²) in [5.74, 6) is 0.777. The lowest BCUT2D eigenvalue weighted by atomic mass is 10.1. The third-order valence-electron chi connectivity index (χ3n) is 5.81. The van der Waals surface area contributed by atoms with E-state index < -0.39 is 0 Å². The number of likely N-dealkylation sites (tertiary alicyclic amines) is 1. The Hall–Kier alpha value is -2.35. The Morgan fingerprint density at radius 1 is 1.38 bits per heavy atom. The summed E-state index contributed by atoms with van der Waals surface area (Å²) in [6.07, 6.45) is 4.67. The van der Waals surface area contributed by atoms with Crippen molar-refractivity contribution in [3.8, 4) is 10.9 Å². The molecule has 0 N–H and O–H groups in total. The van der Waals surface area contributed by atoms with Crippen LogP contribution in [0.4, 0.5) is 5.69 Å². The number of carbonyl (C=O) groups is 1. The Morgan fingerprint density at radius 2 is 2.24 bits per heavy atom. The molecule has 2 saturated heterocycles. The van der Waals surface area contributed by atoms with Gasteiger partial charge < -0.3 is 9.64 Å². The number of hydrogen-bond acceptors (Lipinski definition) is 5. The van der Waals surface area contributed by atoms with Crippen LogP contribution in [-0.2, 0) is 11.3 Å². The summed E-state index contributed by atoms with van der Waals surface area (Å²) in [4.78, 5) is 21.9. The molecular weight excluding hydrogens is 408 g/mol. The molecular formula is C21H21ClN4O2S. The Bertz CT molecular complexity index is 1060. The number of benzene rings is 1. The van der Waals surface area contributed by atoms with E-state index in [0.717, 1.165) is 41.6 Å². The summed E-state index contributed by atoms with van der Waals surface area (Å²) in [5.41, 5.74) is 2.90. The fraction of sp³-hybridized carbons (Fsp3) is 0.333. The number of aromatic nitrogens is 2. The van der Waals surface area contributed by atoms with Gasteiger partial charge in [-0.3, -0.25) is 14.3 Å². The van der Waals surface area contributed by atoms with Crippen molar-refractivity contribution in [2.24, 2.45) is 0 Å². The third-order valence-corrected chi connectivity index (χ3v) is 6.99. The lowest BCUT2D eigenvalue weighted by molar-refractivity contribution is -0.122. The lowest BCUT2D eigenvalue weighted by Crippen LogP contribution is -2.50. The topological polar surface area (TPSA) is 50.6 Å². The molecule has 150 valence electrons. The van der Waals surface area contributed by atoms with E-state index in [-0.39, 0.29) is 18.0 Å². The Kier molecular flexibility index (Phi) is 4.61. The van der Waals surface area contributed by atoms with E-state index in [0.29, 0.717) is 10.8 Å². The average Bonchev–Trinajstić information content (AvgIpc) is 3.48. The molecule has 2 fully saturated rings. The average molecular weight is 429 g/mol. The monoisotopic (exact) mass is 428 g/mol. The Balaban J connectivity index is 1.39. The molecule has 0 aliphatic carbocycles. The fourth-order valence-electron chi connectivity index (χ4n) is 4.43. The minimum Gasteiger partial charge on any atom is -0.495 e. The molecule has 2 bridgehead atoms. The minimum atomic E-state index is -0.111. The van der Waals surface area contributed by atoms with Gasteiger partial charge in [-0.2, -0.15) is 0 Å². The highest BCUT2D eigenvalue weighted by atomic mass is 35.5. The van der Waals surface area contributed by atoms with Crippen LogP contribution in [0.15, 0.2) is 42.0 Å². The first kappa shape index (κ1) is 18.7. The van der Waals surface area contributed by atoms with Crippen LogP contribution >= 0.6 is 22.9 Å². The molecule has 0 unspecified atom stereocenters. The van der Waals surface area contributed by atoms with Crippen LogP contribution in [0.25, 0.3) is 5.13 Å². The fourth-order valence-corrected chi connectivity index (χ4v) is 5.24. The maximum Gasteiger partial charge on any atom is 0.244 e. The molecule has 0 radical (unpaired) electrons. The number of ether oxygens (including phenoxy) is 1. The summed E-state index contributed by atoms with van der Waals surface area (Å²) in [5, 5.41) is 3.57. The van der Waals surface area contributed by atoms with E-state index in [1.165, 1.54) is 0 Å². The molecule has 1 aromatic carbocycles. The molecule has 29 heavy (non-hydrogen) atoms. The highest BCUT2D eigenvalue weighted by molar-refractivity contribution is 7.12. The number of methoxy groups -OCH3 is 1. The van der Waals surface area contributed by atoms with E-state index in [1.807, 2.05) is 41.7 Å². The number of nitrogens with zero attached hydrogens (tertiary/aromatic N) is 4. The SMILES string of the molecule is COc1cc(Cl)c(C)cc1N1C(=O)[C@@H]2C[C@H]1CN2Cc1cccn1-c1nccs1. The van der Waals surface area contributed by atoms with E-state index in [4.69, 9.17) is 16.3 Å². The van der Waals surface area contributed by atoms with E-state index in [1.54, 1.807) is 24.5 Å². The number of piperazine rings is 1. The molecule has 6 nitrogen and oxygen atoms in total. The standard InChI is InChI=1S/C21H21ClN4O2S/c1-13-8-17(19(28-2)10-16(13)22)26-15-9-18(20(26)27)24(12-15)11-14-4-3-6-25(14)21-23-5-7-29-21/h3-8,10,15,18H,9,11-12H2,1-2H3/t15-,18-/m0/s1. The van der Waals surface area contributed by atoms with Crippen molar-refractivity contribution in [3.05, 3.63) is 58.3 Å². The second-order valence-corrected chi connectivity index (χ2v) is 8.78. The molecule has 3 aromatic rings. The molecule has 0 spiro atoms. The predicted molar refractivity (Wildman–Crippen MR) is 114 cm³/mol. The zero-order valence-corrected chi connectivity index (χ0v) is 17.8. The number of amides is 1. The zero-order valence-electron chi connectivity index (χ0n) is 16.2. The molecule has 1 amide bonds. The molecule has 2 aliphatic heterocycles. The van der Waals surface area contributed by atoms with Gasteiger partial charge in [-0.25, -0.2) is 4.98 Å². The first-order valence-corrected chi connectivity index (χ1v) is 10.8. The highest BCUT2D eigenvalue weighted by Gasteiger charge is 2.50. The van der Waals surface area contributed by atoms with Gasteiger partial charge in [-0.05, 0) is 37.1 Å². The van der Waals surface area contributed by atoms with Gasteiger partial charge in [0.1, 0.15) is 5.75 Å². The zero-order chi connectivity index (χ0) is 20.1. The molecule has 5 rings (SSSR count). The number of thiazole rings is 1. The minimum absolute atomic E-state index is 0.111. The van der Waals surface area contributed by atoms with Crippen molar-refractivity contribution < 1.29 is 9.53 Å². The van der Waals surface area contributed by atoms with Crippen LogP contribution in [-0.4, -0.2) is 46.1 Å². The van der Waals surface area contributed by atoms with Gasteiger partial charge in [0.25, 0.3) is 0 Å². The van der Waals surface area contributed by atoms with Gasteiger partial charge in [-0.1, -0.05) is 11.6 Å². The number of halogens is 1. The van der Waals surface area contributed by atoms with Crippen LogP contribution in [0.2, 0.25) is 5.02 Å². The third kappa shape index (κ3) is 3.04. The van der Waals surface area contributed by atoms with Crippen molar-refractivity contribution in [2.45, 2.75) is 32.0 Å². The van der Waals surface area contributed by atoms with Crippen LogP contribution in [0.5, 0.6) is 5.75 Å². The number of anilines is 1. The molecule has 2 aliphatic rings. The van der Waals surface area contributed by atoms with Crippen molar-refractivity contribution >= 4 is 34.5 Å². The first-order valence-electron chi connectivity index (χ1n) is 9.54. The van der Waals surface area contributed by atoms with Gasteiger partial charge in [0.2, 0.25) is 5.91 Å². The van der Waals surface area contributed by atoms with Crippen molar-refractivity contribution in [1.29, 1.82) is 0 Å². The smallest absolute Gasteiger partial charge is 0.244 e. The van der Waals surface area contributed by atoms with Crippen LogP contribution < -0.4 is 9.64 Å². The Morgan fingerprint density at radius 3 is 2.97 bits per heavy atom. The van der Waals surface area contributed by atoms with Crippen LogP contribution in [0.3, 0.4) is 0 Å². The van der Waals surface area contributed by atoms with Crippen LogP contribution in [0, 0.1) is 6.92 Å². The molecule has 8 heteroatoms. The quantitative estimate of drug-likeness (QED) is 0.618. The summed E-state index contributed by atoms with van der Waals surface area (Å²) in [7, 11) is 1.61. The summed E-state index contributed by atoms with van der Waals surface area (Å²) < 4.78 is 7.62.